The molecule has 0 aromatic heterocycles. The van der Waals surface area contributed by atoms with E-state index in [0.29, 0.717) is 11.4 Å². The van der Waals surface area contributed by atoms with Gasteiger partial charge in [-0.2, -0.15) is 0 Å². The van der Waals surface area contributed by atoms with Gasteiger partial charge in [0, 0.05) is 37.7 Å². The number of nitrogens with one attached hydrogen (secondary N) is 1. The zero-order valence-corrected chi connectivity index (χ0v) is 18.7. The Hall–Kier alpha value is -1.66. The van der Waals surface area contributed by atoms with Crippen molar-refractivity contribution in [2.75, 3.05) is 0 Å². The van der Waals surface area contributed by atoms with Crippen molar-refractivity contribution in [1.82, 2.24) is 5.32 Å². The van der Waals surface area contributed by atoms with Crippen LogP contribution < -0.4 is 5.32 Å². The average molecular weight is 521 g/mol. The van der Waals surface area contributed by atoms with E-state index in [1.54, 1.807) is 6.07 Å². The fourth-order valence-corrected chi connectivity index (χ4v) is 4.11. The molecule has 3 aromatic rings. The van der Waals surface area contributed by atoms with E-state index in [-0.39, 0.29) is 18.0 Å². The molecule has 3 nitrogen and oxygen atoms in total. The molecule has 0 saturated carbocycles. The van der Waals surface area contributed by atoms with E-state index in [2.05, 4.69) is 49.3 Å². The van der Waals surface area contributed by atoms with Gasteiger partial charge in [0.05, 0.1) is 0 Å². The Bertz CT molecular complexity index is 1020. The van der Waals surface area contributed by atoms with Crippen LogP contribution in [0.4, 0.5) is 0 Å². The SMILES string of the molecule is Oc1ccc(Br)cc1C1CC(c2ccc(Br)cc2)=NC(c2ccc(Cl)cc2)N1. The topological polar surface area (TPSA) is 44.6 Å². The number of benzene rings is 3. The quantitative estimate of drug-likeness (QED) is 0.399. The average Bonchev–Trinajstić information content (AvgIpc) is 2.70. The number of phenols is 1. The molecule has 0 fully saturated rings. The monoisotopic (exact) mass is 518 g/mol. The molecule has 4 rings (SSSR count). The van der Waals surface area contributed by atoms with Crippen LogP contribution in [-0.2, 0) is 0 Å². The first-order valence-electron chi connectivity index (χ1n) is 8.82. The van der Waals surface area contributed by atoms with Crippen LogP contribution in [0.3, 0.4) is 0 Å². The van der Waals surface area contributed by atoms with Crippen LogP contribution in [0.15, 0.2) is 80.7 Å². The molecule has 2 unspecified atom stereocenters. The van der Waals surface area contributed by atoms with Crippen molar-refractivity contribution in [3.63, 3.8) is 0 Å². The maximum absolute atomic E-state index is 10.4. The van der Waals surface area contributed by atoms with Crippen molar-refractivity contribution in [3.8, 4) is 5.75 Å². The molecule has 0 aliphatic carbocycles. The summed E-state index contributed by atoms with van der Waals surface area (Å²) in [6, 6.07) is 21.3. The fourth-order valence-electron chi connectivity index (χ4n) is 3.34. The van der Waals surface area contributed by atoms with Crippen LogP contribution in [0.2, 0.25) is 5.02 Å². The molecule has 28 heavy (non-hydrogen) atoms. The van der Waals surface area contributed by atoms with Crippen molar-refractivity contribution >= 4 is 49.2 Å². The van der Waals surface area contributed by atoms with Crippen molar-refractivity contribution in [2.24, 2.45) is 4.99 Å². The largest absolute Gasteiger partial charge is 0.508 e. The molecule has 0 amide bonds. The number of nitrogens with zero attached hydrogens (tertiary/aromatic N) is 1. The van der Waals surface area contributed by atoms with Crippen molar-refractivity contribution in [3.05, 3.63) is 97.4 Å². The Labute approximate surface area is 185 Å². The van der Waals surface area contributed by atoms with Gasteiger partial charge in [-0.1, -0.05) is 67.7 Å². The number of halogens is 3. The Morgan fingerprint density at radius 2 is 1.61 bits per heavy atom. The van der Waals surface area contributed by atoms with E-state index in [4.69, 9.17) is 16.6 Å². The molecule has 0 saturated heterocycles. The predicted molar refractivity (Wildman–Crippen MR) is 121 cm³/mol. The summed E-state index contributed by atoms with van der Waals surface area (Å²) >= 11 is 13.1. The normalized spacial score (nSPS) is 19.3. The zero-order valence-electron chi connectivity index (χ0n) is 14.7. The minimum absolute atomic E-state index is 0.0747. The summed E-state index contributed by atoms with van der Waals surface area (Å²) in [5, 5.41) is 14.7. The van der Waals surface area contributed by atoms with Crippen molar-refractivity contribution in [1.29, 1.82) is 0 Å². The standard InChI is InChI=1S/C22H17Br2ClN2O/c23-15-5-1-13(2-6-15)19-12-20(18-11-16(24)7-10-21(18)28)27-22(26-19)14-3-8-17(25)9-4-14/h1-11,20,22,27-28H,12H2. The Morgan fingerprint density at radius 3 is 2.32 bits per heavy atom. The number of aliphatic imine (C=N–C) groups is 1. The van der Waals surface area contributed by atoms with E-state index in [1.165, 1.54) is 0 Å². The highest BCUT2D eigenvalue weighted by Gasteiger charge is 2.27. The second-order valence-corrected chi connectivity index (χ2v) is 8.93. The Kier molecular flexibility index (Phi) is 5.88. The lowest BCUT2D eigenvalue weighted by molar-refractivity contribution is 0.412. The smallest absolute Gasteiger partial charge is 0.126 e. The molecule has 0 bridgehead atoms. The molecular weight excluding hydrogens is 504 g/mol. The van der Waals surface area contributed by atoms with Crippen LogP contribution >= 0.6 is 43.5 Å². The predicted octanol–water partition coefficient (Wildman–Crippen LogP) is 6.79. The van der Waals surface area contributed by atoms with Gasteiger partial charge in [-0.25, -0.2) is 0 Å². The maximum atomic E-state index is 10.4. The highest BCUT2D eigenvalue weighted by molar-refractivity contribution is 9.10. The lowest BCUT2D eigenvalue weighted by Crippen LogP contribution is -2.33. The summed E-state index contributed by atoms with van der Waals surface area (Å²) in [7, 11) is 0. The van der Waals surface area contributed by atoms with E-state index in [1.807, 2.05) is 48.5 Å². The lowest BCUT2D eigenvalue weighted by atomic mass is 9.93. The van der Waals surface area contributed by atoms with Gasteiger partial charge in [0.25, 0.3) is 0 Å². The molecule has 2 N–H and O–H groups in total. The molecule has 6 heteroatoms. The summed E-state index contributed by atoms with van der Waals surface area (Å²) in [4.78, 5) is 4.96. The maximum Gasteiger partial charge on any atom is 0.126 e. The molecule has 2 atom stereocenters. The second kappa shape index (κ2) is 8.37. The molecule has 0 spiro atoms. The van der Waals surface area contributed by atoms with Gasteiger partial charge in [0.15, 0.2) is 0 Å². The highest BCUT2D eigenvalue weighted by Crippen LogP contribution is 2.36. The molecule has 3 aromatic carbocycles. The first-order chi connectivity index (χ1) is 13.5. The van der Waals surface area contributed by atoms with Gasteiger partial charge in [-0.3, -0.25) is 10.3 Å². The third-order valence-electron chi connectivity index (χ3n) is 4.77. The van der Waals surface area contributed by atoms with E-state index >= 15 is 0 Å². The Morgan fingerprint density at radius 1 is 0.929 bits per heavy atom. The summed E-state index contributed by atoms with van der Waals surface area (Å²) in [6.07, 6.45) is 0.448. The van der Waals surface area contributed by atoms with Gasteiger partial charge >= 0.3 is 0 Å². The molecule has 142 valence electrons. The van der Waals surface area contributed by atoms with E-state index < -0.39 is 0 Å². The first kappa shape index (κ1) is 19.6. The number of rotatable bonds is 3. The third-order valence-corrected chi connectivity index (χ3v) is 6.04. The number of hydrogen-bond donors (Lipinski definition) is 2. The molecule has 1 heterocycles. The number of hydrogen-bond acceptors (Lipinski definition) is 3. The second-order valence-electron chi connectivity index (χ2n) is 6.66. The summed E-state index contributed by atoms with van der Waals surface area (Å²) in [5.74, 6) is 0.271. The van der Waals surface area contributed by atoms with Gasteiger partial charge < -0.3 is 5.11 Å². The first-order valence-corrected chi connectivity index (χ1v) is 10.8. The van der Waals surface area contributed by atoms with Gasteiger partial charge in [0.2, 0.25) is 0 Å². The van der Waals surface area contributed by atoms with Crippen LogP contribution in [0.25, 0.3) is 0 Å². The summed E-state index contributed by atoms with van der Waals surface area (Å²) in [5.41, 5.74) is 3.94. The van der Waals surface area contributed by atoms with Crippen molar-refractivity contribution < 1.29 is 5.11 Å². The minimum atomic E-state index is -0.229. The fraction of sp³-hybridized carbons (Fsp3) is 0.136. The van der Waals surface area contributed by atoms with E-state index in [9.17, 15) is 5.11 Å². The summed E-state index contributed by atoms with van der Waals surface area (Å²) < 4.78 is 1.96. The molecule has 1 aliphatic heterocycles. The van der Waals surface area contributed by atoms with Crippen LogP contribution in [0.5, 0.6) is 5.75 Å². The lowest BCUT2D eigenvalue weighted by Gasteiger charge is -2.31. The number of aromatic hydroxyl groups is 1. The number of phenolic OH excluding ortho intramolecular Hbond substituents is 1. The van der Waals surface area contributed by atoms with Gasteiger partial charge in [-0.15, -0.1) is 0 Å². The molecular formula is C22H17Br2ClN2O. The minimum Gasteiger partial charge on any atom is -0.508 e. The third kappa shape index (κ3) is 4.33. The zero-order chi connectivity index (χ0) is 19.7. The van der Waals surface area contributed by atoms with Crippen LogP contribution in [0.1, 0.15) is 35.3 Å². The summed E-state index contributed by atoms with van der Waals surface area (Å²) in [6.45, 7) is 0. The van der Waals surface area contributed by atoms with Crippen LogP contribution in [0, 0.1) is 0 Å². The highest BCUT2D eigenvalue weighted by atomic mass is 79.9. The molecule has 0 radical (unpaired) electrons. The Balaban J connectivity index is 1.76. The van der Waals surface area contributed by atoms with Crippen molar-refractivity contribution in [2.45, 2.75) is 18.6 Å². The van der Waals surface area contributed by atoms with Gasteiger partial charge in [0.1, 0.15) is 11.9 Å². The van der Waals surface area contributed by atoms with Gasteiger partial charge in [-0.05, 0) is 53.6 Å². The van der Waals surface area contributed by atoms with E-state index in [0.717, 1.165) is 31.3 Å². The molecule has 1 aliphatic rings. The van der Waals surface area contributed by atoms with Crippen LogP contribution in [-0.4, -0.2) is 10.8 Å².